The van der Waals surface area contributed by atoms with Crippen LogP contribution < -0.4 is 5.32 Å². The first-order chi connectivity index (χ1) is 7.43. The van der Waals surface area contributed by atoms with Crippen molar-refractivity contribution in [3.63, 3.8) is 0 Å². The summed E-state index contributed by atoms with van der Waals surface area (Å²) in [5.74, 6) is 1.68. The van der Waals surface area contributed by atoms with Gasteiger partial charge < -0.3 is 5.32 Å². The van der Waals surface area contributed by atoms with Crippen LogP contribution in [0, 0.1) is 5.92 Å². The summed E-state index contributed by atoms with van der Waals surface area (Å²) >= 11 is 1.87. The van der Waals surface area contributed by atoms with Gasteiger partial charge in [0.2, 0.25) is 0 Å². The van der Waals surface area contributed by atoms with Crippen molar-refractivity contribution in [3.05, 3.63) is 16.1 Å². The number of nitrogens with zero attached hydrogens (tertiary/aromatic N) is 1. The Morgan fingerprint density at radius 1 is 1.40 bits per heavy atom. The molecule has 2 fully saturated rings. The van der Waals surface area contributed by atoms with Crippen molar-refractivity contribution in [1.82, 2.24) is 10.3 Å². The first-order valence-corrected chi connectivity index (χ1v) is 6.94. The van der Waals surface area contributed by atoms with Crippen LogP contribution in [-0.4, -0.2) is 18.1 Å². The third-order valence-corrected chi connectivity index (χ3v) is 4.38. The third-order valence-electron chi connectivity index (χ3n) is 3.51. The fraction of sp³-hybridized carbons (Fsp3) is 0.750. The third kappa shape index (κ3) is 2.23. The molecule has 1 aromatic rings. The molecule has 2 nitrogen and oxygen atoms in total. The minimum atomic E-state index is 0.822. The number of rotatable bonds is 3. The lowest BCUT2D eigenvalue weighted by Crippen LogP contribution is -2.30. The van der Waals surface area contributed by atoms with Gasteiger partial charge in [-0.25, -0.2) is 4.98 Å². The van der Waals surface area contributed by atoms with E-state index in [1.54, 1.807) is 4.88 Å². The molecule has 2 aliphatic rings. The van der Waals surface area contributed by atoms with E-state index in [4.69, 9.17) is 0 Å². The molecule has 1 unspecified atom stereocenters. The number of piperidine rings is 1. The van der Waals surface area contributed by atoms with E-state index < -0.39 is 0 Å². The second-order valence-corrected chi connectivity index (χ2v) is 5.79. The van der Waals surface area contributed by atoms with Gasteiger partial charge in [0.15, 0.2) is 0 Å². The molecule has 2 heterocycles. The quantitative estimate of drug-likeness (QED) is 0.850. The Bertz CT molecular complexity index is 324. The molecule has 1 N–H and O–H groups in total. The highest BCUT2D eigenvalue weighted by Crippen LogP contribution is 2.42. The van der Waals surface area contributed by atoms with Crippen LogP contribution in [0.4, 0.5) is 0 Å². The van der Waals surface area contributed by atoms with Crippen LogP contribution in [0.15, 0.2) is 5.51 Å². The lowest BCUT2D eigenvalue weighted by molar-refractivity contribution is 0.377. The largest absolute Gasteiger partial charge is 0.316 e. The zero-order valence-corrected chi connectivity index (χ0v) is 9.85. The van der Waals surface area contributed by atoms with E-state index in [0.29, 0.717) is 0 Å². The maximum atomic E-state index is 4.54. The topological polar surface area (TPSA) is 24.9 Å². The van der Waals surface area contributed by atoms with Crippen molar-refractivity contribution in [1.29, 1.82) is 0 Å². The molecule has 0 aromatic carbocycles. The molecule has 1 atom stereocenters. The lowest BCUT2D eigenvalue weighted by atomic mass is 9.94. The highest BCUT2D eigenvalue weighted by Gasteiger charge is 2.29. The minimum Gasteiger partial charge on any atom is -0.316 e. The average Bonchev–Trinajstić information content (AvgIpc) is 3.02. The summed E-state index contributed by atoms with van der Waals surface area (Å²) in [5.41, 5.74) is 3.48. The molecule has 15 heavy (non-hydrogen) atoms. The maximum absolute atomic E-state index is 4.54. The second kappa shape index (κ2) is 4.22. The molecule has 1 saturated heterocycles. The van der Waals surface area contributed by atoms with Gasteiger partial charge in [0, 0.05) is 10.8 Å². The Morgan fingerprint density at radius 3 is 3.07 bits per heavy atom. The molecule has 3 heteroatoms. The molecule has 0 bridgehead atoms. The van der Waals surface area contributed by atoms with E-state index in [1.807, 2.05) is 16.8 Å². The lowest BCUT2D eigenvalue weighted by Gasteiger charge is -2.22. The minimum absolute atomic E-state index is 0.822. The van der Waals surface area contributed by atoms with Crippen LogP contribution in [0.25, 0.3) is 0 Å². The van der Waals surface area contributed by atoms with Crippen LogP contribution in [-0.2, 0) is 6.42 Å². The smallest absolute Gasteiger partial charge is 0.0797 e. The van der Waals surface area contributed by atoms with Crippen molar-refractivity contribution in [2.45, 2.75) is 38.0 Å². The van der Waals surface area contributed by atoms with E-state index in [-0.39, 0.29) is 0 Å². The summed E-state index contributed by atoms with van der Waals surface area (Å²) in [5, 5.41) is 3.50. The van der Waals surface area contributed by atoms with Gasteiger partial charge in [0.05, 0.1) is 11.2 Å². The van der Waals surface area contributed by atoms with Gasteiger partial charge in [0.25, 0.3) is 0 Å². The zero-order valence-electron chi connectivity index (χ0n) is 9.04. The summed E-state index contributed by atoms with van der Waals surface area (Å²) in [6.45, 7) is 2.43. The monoisotopic (exact) mass is 222 g/mol. The molecule has 3 rings (SSSR count). The number of aromatic nitrogens is 1. The summed E-state index contributed by atoms with van der Waals surface area (Å²) in [6, 6.07) is 0. The molecular weight excluding hydrogens is 204 g/mol. The van der Waals surface area contributed by atoms with Crippen molar-refractivity contribution in [3.8, 4) is 0 Å². The molecule has 1 saturated carbocycles. The molecule has 1 aliphatic heterocycles. The van der Waals surface area contributed by atoms with Crippen LogP contribution in [0.2, 0.25) is 0 Å². The standard InChI is InChI=1S/C12H18N2S/c1-2-9(7-13-5-1)6-11-12(10-3-4-10)14-8-15-11/h8-10,13H,1-7H2. The van der Waals surface area contributed by atoms with Crippen molar-refractivity contribution in [2.24, 2.45) is 5.92 Å². The Hall–Kier alpha value is -0.410. The first-order valence-electron chi connectivity index (χ1n) is 6.06. The van der Waals surface area contributed by atoms with Gasteiger partial charge in [-0.3, -0.25) is 0 Å². The zero-order chi connectivity index (χ0) is 10.1. The van der Waals surface area contributed by atoms with Gasteiger partial charge >= 0.3 is 0 Å². The SMILES string of the molecule is c1nc(C2CC2)c(CC2CCCNC2)s1. The molecule has 0 spiro atoms. The molecule has 0 amide bonds. The molecule has 82 valence electrons. The summed E-state index contributed by atoms with van der Waals surface area (Å²) in [6.07, 6.45) is 6.76. The average molecular weight is 222 g/mol. The number of thiazole rings is 1. The summed E-state index contributed by atoms with van der Waals surface area (Å²) in [7, 11) is 0. The van der Waals surface area contributed by atoms with Gasteiger partial charge in [-0.2, -0.15) is 0 Å². The predicted octanol–water partition coefficient (Wildman–Crippen LogP) is 2.56. The first kappa shape index (κ1) is 9.79. The number of hydrogen-bond acceptors (Lipinski definition) is 3. The Morgan fingerprint density at radius 2 is 2.33 bits per heavy atom. The second-order valence-electron chi connectivity index (χ2n) is 4.85. The van der Waals surface area contributed by atoms with E-state index in [9.17, 15) is 0 Å². The molecular formula is C12H18N2S. The van der Waals surface area contributed by atoms with E-state index >= 15 is 0 Å². The Labute approximate surface area is 95.1 Å². The van der Waals surface area contributed by atoms with Crippen molar-refractivity contribution >= 4 is 11.3 Å². The Kier molecular flexibility index (Phi) is 2.76. The van der Waals surface area contributed by atoms with E-state index in [1.165, 1.54) is 50.9 Å². The highest BCUT2D eigenvalue weighted by atomic mass is 32.1. The van der Waals surface area contributed by atoms with Crippen molar-refractivity contribution < 1.29 is 0 Å². The number of nitrogens with one attached hydrogen (secondary N) is 1. The van der Waals surface area contributed by atoms with Gasteiger partial charge in [-0.05, 0) is 51.1 Å². The number of hydrogen-bond donors (Lipinski definition) is 1. The van der Waals surface area contributed by atoms with Crippen LogP contribution in [0.5, 0.6) is 0 Å². The van der Waals surface area contributed by atoms with Gasteiger partial charge in [-0.15, -0.1) is 11.3 Å². The fourth-order valence-electron chi connectivity index (χ4n) is 2.48. The van der Waals surface area contributed by atoms with Crippen LogP contribution in [0.3, 0.4) is 0 Å². The van der Waals surface area contributed by atoms with E-state index in [2.05, 4.69) is 10.3 Å². The normalized spacial score (nSPS) is 26.8. The Balaban J connectivity index is 1.67. The van der Waals surface area contributed by atoms with Crippen LogP contribution >= 0.6 is 11.3 Å². The fourth-order valence-corrected chi connectivity index (χ4v) is 3.45. The predicted molar refractivity (Wildman–Crippen MR) is 63.4 cm³/mol. The van der Waals surface area contributed by atoms with Crippen molar-refractivity contribution in [2.75, 3.05) is 13.1 Å². The summed E-state index contributed by atoms with van der Waals surface area (Å²) < 4.78 is 0. The maximum Gasteiger partial charge on any atom is 0.0797 e. The molecule has 1 aliphatic carbocycles. The van der Waals surface area contributed by atoms with E-state index in [0.717, 1.165) is 11.8 Å². The molecule has 1 aromatic heterocycles. The highest BCUT2D eigenvalue weighted by molar-refractivity contribution is 7.09. The summed E-state index contributed by atoms with van der Waals surface area (Å²) in [4.78, 5) is 6.12. The van der Waals surface area contributed by atoms with Crippen LogP contribution in [0.1, 0.15) is 42.2 Å². The van der Waals surface area contributed by atoms with Gasteiger partial charge in [0.1, 0.15) is 0 Å². The van der Waals surface area contributed by atoms with Gasteiger partial charge in [-0.1, -0.05) is 0 Å². The molecule has 0 radical (unpaired) electrons.